The number of carbonyl (C=O) groups excluding carboxylic acids is 4. The molecule has 8 nitrogen and oxygen atoms in total. The molecule has 2 aromatic carbocycles. The maximum Gasteiger partial charge on any atom is 0.287 e. The van der Waals surface area contributed by atoms with E-state index in [9.17, 15) is 19.2 Å². The number of piperidine rings is 1. The maximum atomic E-state index is 15.4. The van der Waals surface area contributed by atoms with E-state index in [0.717, 1.165) is 24.6 Å². The average molecular weight is 506 g/mol. The molecule has 1 aromatic heterocycles. The maximum absolute atomic E-state index is 15.4. The van der Waals surface area contributed by atoms with Crippen LogP contribution in [0.3, 0.4) is 0 Å². The zero-order valence-corrected chi connectivity index (χ0v) is 20.3. The van der Waals surface area contributed by atoms with Crippen molar-refractivity contribution >= 4 is 46.2 Å². The number of nitrogens with zero attached hydrogens (tertiary/aromatic N) is 1. The summed E-state index contributed by atoms with van der Waals surface area (Å²) in [5.41, 5.74) is -0.725. The number of furan rings is 1. The van der Waals surface area contributed by atoms with Crippen LogP contribution in [-0.2, 0) is 9.59 Å². The summed E-state index contributed by atoms with van der Waals surface area (Å²) in [6.07, 6.45) is 4.63. The average Bonchev–Trinajstić information content (AvgIpc) is 3.35. The molecule has 0 spiro atoms. The van der Waals surface area contributed by atoms with E-state index in [4.69, 9.17) is 4.42 Å². The highest BCUT2D eigenvalue weighted by atomic mass is 19.1. The molecule has 2 fully saturated rings. The second-order valence-electron chi connectivity index (χ2n) is 9.74. The van der Waals surface area contributed by atoms with E-state index in [1.807, 2.05) is 12.1 Å². The smallest absolute Gasteiger partial charge is 0.287 e. The van der Waals surface area contributed by atoms with Crippen LogP contribution in [0.25, 0.3) is 11.0 Å². The summed E-state index contributed by atoms with van der Waals surface area (Å²) in [6, 6.07) is 11.8. The summed E-state index contributed by atoms with van der Waals surface area (Å²) in [7, 11) is 0. The third-order valence-electron chi connectivity index (χ3n) is 7.26. The Morgan fingerprint density at radius 1 is 1.05 bits per heavy atom. The van der Waals surface area contributed by atoms with Crippen LogP contribution >= 0.6 is 0 Å². The number of hydrogen-bond acceptors (Lipinski definition) is 6. The minimum Gasteiger partial charge on any atom is -0.451 e. The number of amides is 2. The highest BCUT2D eigenvalue weighted by Crippen LogP contribution is 2.33. The van der Waals surface area contributed by atoms with Crippen LogP contribution in [0, 0.1) is 5.82 Å². The number of anilines is 2. The van der Waals surface area contributed by atoms with Crippen molar-refractivity contribution in [3.63, 3.8) is 0 Å². The van der Waals surface area contributed by atoms with Crippen LogP contribution in [0.1, 0.15) is 65.9 Å². The lowest BCUT2D eigenvalue weighted by atomic mass is 9.80. The molecule has 2 aliphatic rings. The predicted molar refractivity (Wildman–Crippen MR) is 136 cm³/mol. The molecular formula is C28H28FN3O5. The molecule has 0 unspecified atom stereocenters. The van der Waals surface area contributed by atoms with Gasteiger partial charge in [0, 0.05) is 18.4 Å². The number of nitrogens with one attached hydrogen (secondary N) is 2. The third-order valence-corrected chi connectivity index (χ3v) is 7.26. The topological polar surface area (TPSA) is 109 Å². The lowest BCUT2D eigenvalue weighted by Gasteiger charge is -2.36. The lowest BCUT2D eigenvalue weighted by molar-refractivity contribution is -0.123. The van der Waals surface area contributed by atoms with Crippen molar-refractivity contribution in [3.05, 3.63) is 59.6 Å². The Balaban J connectivity index is 1.39. The van der Waals surface area contributed by atoms with Gasteiger partial charge in [-0.2, -0.15) is 0 Å². The number of para-hydroxylation sites is 1. The Kier molecular flexibility index (Phi) is 6.78. The van der Waals surface area contributed by atoms with Gasteiger partial charge in [-0.15, -0.1) is 0 Å². The Hall–Kier alpha value is -4.01. The number of hydrogen-bond donors (Lipinski definition) is 2. The number of aldehydes is 1. The number of rotatable bonds is 6. The zero-order chi connectivity index (χ0) is 26.0. The molecule has 1 aliphatic carbocycles. The van der Waals surface area contributed by atoms with Crippen molar-refractivity contribution in [1.29, 1.82) is 0 Å². The van der Waals surface area contributed by atoms with Gasteiger partial charge in [-0.1, -0.05) is 37.5 Å². The van der Waals surface area contributed by atoms with E-state index < -0.39 is 23.2 Å². The quantitative estimate of drug-likeness (QED) is 0.473. The van der Waals surface area contributed by atoms with Crippen molar-refractivity contribution in [1.82, 2.24) is 5.32 Å². The third kappa shape index (κ3) is 4.85. The summed E-state index contributed by atoms with van der Waals surface area (Å²) in [5.74, 6) is -1.82. The van der Waals surface area contributed by atoms with E-state index in [-0.39, 0.29) is 29.3 Å². The predicted octanol–water partition coefficient (Wildman–Crippen LogP) is 4.63. The second-order valence-corrected chi connectivity index (χ2v) is 9.74. The van der Waals surface area contributed by atoms with Crippen LogP contribution in [-0.4, -0.2) is 42.5 Å². The second kappa shape index (κ2) is 10.2. The van der Waals surface area contributed by atoms with Crippen LogP contribution in [0.2, 0.25) is 0 Å². The van der Waals surface area contributed by atoms with Crippen LogP contribution in [0.4, 0.5) is 15.8 Å². The summed E-state index contributed by atoms with van der Waals surface area (Å²) in [6.45, 7) is 0.650. The Bertz CT molecular complexity index is 1340. The normalized spacial score (nSPS) is 17.4. The van der Waals surface area contributed by atoms with Crippen LogP contribution in [0.5, 0.6) is 0 Å². The summed E-state index contributed by atoms with van der Waals surface area (Å²) < 4.78 is 21.1. The molecule has 0 bridgehead atoms. The van der Waals surface area contributed by atoms with Gasteiger partial charge < -0.3 is 20.0 Å². The molecule has 2 N–H and O–H groups in total. The van der Waals surface area contributed by atoms with Gasteiger partial charge >= 0.3 is 0 Å². The summed E-state index contributed by atoms with van der Waals surface area (Å²) in [4.78, 5) is 52.0. The van der Waals surface area contributed by atoms with E-state index >= 15 is 4.39 Å². The van der Waals surface area contributed by atoms with Gasteiger partial charge in [0.1, 0.15) is 11.1 Å². The van der Waals surface area contributed by atoms with Crippen LogP contribution in [0.15, 0.2) is 46.9 Å². The first kappa shape index (κ1) is 24.7. The van der Waals surface area contributed by atoms with Gasteiger partial charge in [0.15, 0.2) is 23.6 Å². The van der Waals surface area contributed by atoms with E-state index in [1.165, 1.54) is 6.07 Å². The van der Waals surface area contributed by atoms with Crippen molar-refractivity contribution in [3.8, 4) is 0 Å². The van der Waals surface area contributed by atoms with Crippen molar-refractivity contribution in [2.45, 2.75) is 50.5 Å². The van der Waals surface area contributed by atoms with Gasteiger partial charge in [-0.25, -0.2) is 4.39 Å². The molecule has 192 valence electrons. The fraction of sp³-hybridized carbons (Fsp3) is 0.357. The van der Waals surface area contributed by atoms with Crippen molar-refractivity contribution in [2.24, 2.45) is 0 Å². The molecule has 0 radical (unpaired) electrons. The van der Waals surface area contributed by atoms with Gasteiger partial charge in [0.25, 0.3) is 5.91 Å². The van der Waals surface area contributed by atoms with Crippen molar-refractivity contribution in [2.75, 3.05) is 23.3 Å². The molecule has 1 aliphatic heterocycles. The monoisotopic (exact) mass is 505 g/mol. The van der Waals surface area contributed by atoms with Crippen LogP contribution < -0.4 is 15.5 Å². The molecule has 2 amide bonds. The summed E-state index contributed by atoms with van der Waals surface area (Å²) in [5, 5.41) is 6.25. The molecule has 9 heteroatoms. The minimum atomic E-state index is -1.25. The molecule has 2 heterocycles. The fourth-order valence-electron chi connectivity index (χ4n) is 5.29. The highest BCUT2D eigenvalue weighted by Gasteiger charge is 2.42. The Morgan fingerprint density at radius 2 is 1.84 bits per heavy atom. The van der Waals surface area contributed by atoms with Crippen molar-refractivity contribution < 1.29 is 28.0 Å². The van der Waals surface area contributed by atoms with Gasteiger partial charge in [-0.05, 0) is 43.5 Å². The molecule has 3 aromatic rings. The highest BCUT2D eigenvalue weighted by molar-refractivity contribution is 6.04. The zero-order valence-electron chi connectivity index (χ0n) is 20.3. The number of benzene rings is 2. The van der Waals surface area contributed by atoms with E-state index in [0.29, 0.717) is 49.8 Å². The molecule has 1 saturated carbocycles. The summed E-state index contributed by atoms with van der Waals surface area (Å²) >= 11 is 0. The standard InChI is InChI=1S/C28H28FN3O5/c29-25-20(17-33)22(32-14-6-8-19(34)16-32)11-10-21(25)30-27(36)28(12-4-1-5-13-28)31-26(35)24-15-18-7-2-3-9-23(18)37-24/h2-3,7,9-11,15,17H,1,4-6,8,12-14,16H2,(H,30,36)(H,31,35). The Morgan fingerprint density at radius 3 is 2.57 bits per heavy atom. The molecule has 1 saturated heterocycles. The largest absolute Gasteiger partial charge is 0.451 e. The first-order valence-electron chi connectivity index (χ1n) is 12.6. The molecule has 37 heavy (non-hydrogen) atoms. The molecule has 0 atom stereocenters. The van der Waals surface area contributed by atoms with Gasteiger partial charge in [0.2, 0.25) is 5.91 Å². The molecule has 5 rings (SSSR count). The Labute approximate surface area is 213 Å². The first-order chi connectivity index (χ1) is 17.9. The van der Waals surface area contributed by atoms with Gasteiger partial charge in [-0.3, -0.25) is 19.2 Å². The minimum absolute atomic E-state index is 0.0281. The number of Topliss-reactive ketones (excluding diaryl/α,β-unsaturated/α-hetero) is 1. The van der Waals surface area contributed by atoms with Gasteiger partial charge in [0.05, 0.1) is 23.5 Å². The SMILES string of the molecule is O=Cc1c(N2CCCC(=O)C2)ccc(NC(=O)C2(NC(=O)c3cc4ccccc4o3)CCCCC2)c1F. The first-order valence-corrected chi connectivity index (χ1v) is 12.6. The lowest BCUT2D eigenvalue weighted by Crippen LogP contribution is -2.57. The molecular weight excluding hydrogens is 477 g/mol. The van der Waals surface area contributed by atoms with E-state index in [2.05, 4.69) is 10.6 Å². The fourth-order valence-corrected chi connectivity index (χ4v) is 5.29. The number of halogens is 1. The number of fused-ring (bicyclic) bond motifs is 1. The van der Waals surface area contributed by atoms with E-state index in [1.54, 1.807) is 29.2 Å². The number of ketones is 1. The number of carbonyl (C=O) groups is 4.